The highest BCUT2D eigenvalue weighted by atomic mass is 16.6. The van der Waals surface area contributed by atoms with Crippen LogP contribution in [0.25, 0.3) is 0 Å². The molecule has 0 bridgehead atoms. The van der Waals surface area contributed by atoms with Gasteiger partial charge in [0.2, 0.25) is 0 Å². The van der Waals surface area contributed by atoms with E-state index in [1.165, 1.54) is 0 Å². The van der Waals surface area contributed by atoms with E-state index in [1.807, 2.05) is 52.8 Å². The van der Waals surface area contributed by atoms with Crippen molar-refractivity contribution in [2.75, 3.05) is 29.4 Å². The average molecular weight is 318 g/mol. The molecule has 1 aromatic carbocycles. The van der Waals surface area contributed by atoms with Gasteiger partial charge in [-0.25, -0.2) is 4.79 Å². The predicted molar refractivity (Wildman–Crippen MR) is 92.3 cm³/mol. The third-order valence-electron chi connectivity index (χ3n) is 3.80. The number of nitrogens with zero attached hydrogens (tertiary/aromatic N) is 2. The van der Waals surface area contributed by atoms with E-state index in [4.69, 9.17) is 4.74 Å². The van der Waals surface area contributed by atoms with Crippen LogP contribution in [0.3, 0.4) is 0 Å². The van der Waals surface area contributed by atoms with Crippen molar-refractivity contribution in [3.8, 4) is 0 Å². The molecule has 1 amide bonds. The van der Waals surface area contributed by atoms with Gasteiger partial charge in [0.05, 0.1) is 17.9 Å². The summed E-state index contributed by atoms with van der Waals surface area (Å²) >= 11 is 0. The molecule has 0 aromatic heterocycles. The number of carbonyl (C=O) groups is 2. The lowest BCUT2D eigenvalue weighted by Gasteiger charge is -2.38. The molecule has 0 spiro atoms. The number of hydrogen-bond acceptors (Lipinski definition) is 4. The van der Waals surface area contributed by atoms with E-state index < -0.39 is 5.60 Å². The van der Waals surface area contributed by atoms with Crippen molar-refractivity contribution < 1.29 is 14.3 Å². The average Bonchev–Trinajstić information content (AvgIpc) is 2.46. The lowest BCUT2D eigenvalue weighted by molar-refractivity contribution is -0.117. The zero-order chi connectivity index (χ0) is 17.2. The number of ether oxygens (including phenoxy) is 1. The maximum absolute atomic E-state index is 12.5. The molecule has 1 heterocycles. The highest BCUT2D eigenvalue weighted by molar-refractivity contribution is 5.96. The number of benzene rings is 1. The molecule has 0 N–H and O–H groups in total. The third kappa shape index (κ3) is 4.03. The van der Waals surface area contributed by atoms with E-state index in [2.05, 4.69) is 4.90 Å². The van der Waals surface area contributed by atoms with Crippen LogP contribution in [-0.4, -0.2) is 37.1 Å². The first-order valence-electron chi connectivity index (χ1n) is 8.09. The lowest BCUT2D eigenvalue weighted by atomic mass is 10.1. The van der Waals surface area contributed by atoms with E-state index in [0.29, 0.717) is 26.1 Å². The topological polar surface area (TPSA) is 49.9 Å². The molecule has 23 heavy (non-hydrogen) atoms. The minimum absolute atomic E-state index is 0.197. The molecule has 0 unspecified atom stereocenters. The number of carbonyl (C=O) groups excluding carboxylic acids is 2. The third-order valence-corrected chi connectivity index (χ3v) is 3.80. The first-order chi connectivity index (χ1) is 10.7. The molecule has 126 valence electrons. The summed E-state index contributed by atoms with van der Waals surface area (Å²) < 4.78 is 5.53. The van der Waals surface area contributed by atoms with Crippen LogP contribution in [-0.2, 0) is 9.53 Å². The smallest absolute Gasteiger partial charge is 0.414 e. The van der Waals surface area contributed by atoms with Gasteiger partial charge in [-0.05, 0) is 39.3 Å². The van der Waals surface area contributed by atoms with Crippen LogP contribution in [0.1, 0.15) is 39.7 Å². The summed E-state index contributed by atoms with van der Waals surface area (Å²) in [5.41, 5.74) is 2.23. The van der Waals surface area contributed by atoms with E-state index in [1.54, 1.807) is 4.90 Å². The van der Waals surface area contributed by atoms with Gasteiger partial charge in [0.15, 0.2) is 5.78 Å². The Labute approximate surface area is 138 Å². The number of Topliss-reactive ketones (excluding diaryl/α,β-unsaturated/α-hetero) is 1. The van der Waals surface area contributed by atoms with Crippen LogP contribution >= 0.6 is 0 Å². The number of anilines is 2. The van der Waals surface area contributed by atoms with Crippen molar-refractivity contribution >= 4 is 23.3 Å². The number of hydrogen-bond donors (Lipinski definition) is 0. The fourth-order valence-electron chi connectivity index (χ4n) is 2.69. The van der Waals surface area contributed by atoms with Gasteiger partial charge >= 0.3 is 6.09 Å². The Balaban J connectivity index is 2.34. The standard InChI is InChI=1S/C18H26N2O3/c1-6-14(21)12-19-10-11-20(17(22)23-18(3,4)5)16-13(2)8-7-9-15(16)19/h7-9H,6,10-12H2,1-5H3. The second-order valence-electron chi connectivity index (χ2n) is 6.89. The van der Waals surface area contributed by atoms with Gasteiger partial charge in [-0.1, -0.05) is 19.1 Å². The Morgan fingerprint density at radius 3 is 2.52 bits per heavy atom. The van der Waals surface area contributed by atoms with Gasteiger partial charge in [-0.15, -0.1) is 0 Å². The molecule has 1 aliphatic rings. The van der Waals surface area contributed by atoms with Crippen LogP contribution in [0.4, 0.5) is 16.2 Å². The molecule has 2 rings (SSSR count). The second kappa shape index (κ2) is 6.60. The molecule has 1 aliphatic heterocycles. The summed E-state index contributed by atoms with van der Waals surface area (Å²) in [5, 5.41) is 0. The minimum atomic E-state index is -0.532. The van der Waals surface area contributed by atoms with Crippen molar-refractivity contribution in [2.45, 2.75) is 46.6 Å². The highest BCUT2D eigenvalue weighted by Gasteiger charge is 2.31. The van der Waals surface area contributed by atoms with Gasteiger partial charge in [-0.2, -0.15) is 0 Å². The molecule has 0 atom stereocenters. The largest absolute Gasteiger partial charge is 0.443 e. The SMILES string of the molecule is CCC(=O)CN1CCN(C(=O)OC(C)(C)C)c2c(C)cccc21. The Hall–Kier alpha value is -2.04. The van der Waals surface area contributed by atoms with Crippen LogP contribution in [0.5, 0.6) is 0 Å². The summed E-state index contributed by atoms with van der Waals surface area (Å²) in [4.78, 5) is 28.1. The first kappa shape index (κ1) is 17.3. The summed E-state index contributed by atoms with van der Waals surface area (Å²) in [7, 11) is 0. The molecular weight excluding hydrogens is 292 g/mol. The number of rotatable bonds is 3. The van der Waals surface area contributed by atoms with Crippen molar-refractivity contribution in [3.05, 3.63) is 23.8 Å². The second-order valence-corrected chi connectivity index (χ2v) is 6.89. The molecule has 5 nitrogen and oxygen atoms in total. The Morgan fingerprint density at radius 2 is 1.91 bits per heavy atom. The number of para-hydroxylation sites is 1. The molecule has 0 saturated carbocycles. The van der Waals surface area contributed by atoms with E-state index >= 15 is 0 Å². The fourth-order valence-corrected chi connectivity index (χ4v) is 2.69. The number of aryl methyl sites for hydroxylation is 1. The Morgan fingerprint density at radius 1 is 1.22 bits per heavy atom. The number of ketones is 1. The maximum atomic E-state index is 12.5. The quantitative estimate of drug-likeness (QED) is 0.855. The molecule has 0 fully saturated rings. The van der Waals surface area contributed by atoms with Crippen LogP contribution in [0.15, 0.2) is 18.2 Å². The van der Waals surface area contributed by atoms with Crippen LogP contribution in [0, 0.1) is 6.92 Å². The van der Waals surface area contributed by atoms with Gasteiger partial charge in [0, 0.05) is 19.5 Å². The van der Waals surface area contributed by atoms with Crippen molar-refractivity contribution in [2.24, 2.45) is 0 Å². The molecule has 0 saturated heterocycles. The zero-order valence-corrected chi connectivity index (χ0v) is 14.7. The maximum Gasteiger partial charge on any atom is 0.414 e. The van der Waals surface area contributed by atoms with E-state index in [9.17, 15) is 9.59 Å². The van der Waals surface area contributed by atoms with E-state index in [-0.39, 0.29) is 11.9 Å². The number of fused-ring (bicyclic) bond motifs is 1. The lowest BCUT2D eigenvalue weighted by Crippen LogP contribution is -2.47. The molecule has 0 aliphatic carbocycles. The van der Waals surface area contributed by atoms with Crippen LogP contribution < -0.4 is 9.80 Å². The molecule has 1 aromatic rings. The summed E-state index contributed by atoms with van der Waals surface area (Å²) in [5.74, 6) is 0.197. The predicted octanol–water partition coefficient (Wildman–Crippen LogP) is 3.54. The van der Waals surface area contributed by atoms with Crippen molar-refractivity contribution in [1.82, 2.24) is 0 Å². The first-order valence-corrected chi connectivity index (χ1v) is 8.09. The highest BCUT2D eigenvalue weighted by Crippen LogP contribution is 2.36. The van der Waals surface area contributed by atoms with Gasteiger partial charge in [0.1, 0.15) is 5.60 Å². The monoisotopic (exact) mass is 318 g/mol. The summed E-state index contributed by atoms with van der Waals surface area (Å²) in [6.07, 6.45) is 0.183. The Bertz CT molecular complexity index is 605. The van der Waals surface area contributed by atoms with Gasteiger partial charge < -0.3 is 9.64 Å². The van der Waals surface area contributed by atoms with E-state index in [0.717, 1.165) is 16.9 Å². The summed E-state index contributed by atoms with van der Waals surface area (Å²) in [6.45, 7) is 11.0. The normalized spacial score (nSPS) is 14.5. The molecule has 0 radical (unpaired) electrons. The zero-order valence-electron chi connectivity index (χ0n) is 14.7. The number of amides is 1. The van der Waals surface area contributed by atoms with Gasteiger partial charge in [0.25, 0.3) is 0 Å². The van der Waals surface area contributed by atoms with Crippen molar-refractivity contribution in [3.63, 3.8) is 0 Å². The molecule has 5 heteroatoms. The van der Waals surface area contributed by atoms with Gasteiger partial charge in [-0.3, -0.25) is 9.69 Å². The fraction of sp³-hybridized carbons (Fsp3) is 0.556. The Kier molecular flexibility index (Phi) is 4.97. The minimum Gasteiger partial charge on any atom is -0.443 e. The van der Waals surface area contributed by atoms with Crippen LogP contribution in [0.2, 0.25) is 0 Å². The molecular formula is C18H26N2O3. The summed E-state index contributed by atoms with van der Waals surface area (Å²) in [6, 6.07) is 5.89. The van der Waals surface area contributed by atoms with Crippen molar-refractivity contribution in [1.29, 1.82) is 0 Å².